The van der Waals surface area contributed by atoms with Crippen LogP contribution >= 0.6 is 27.3 Å². The summed E-state index contributed by atoms with van der Waals surface area (Å²) in [5.41, 5.74) is 0. The van der Waals surface area contributed by atoms with E-state index >= 15 is 0 Å². The second-order valence-corrected chi connectivity index (χ2v) is 7.01. The SMILES string of the molecule is CC(C)CCC(C)NCc1ccc(Br)s1. The van der Waals surface area contributed by atoms with Crippen LogP contribution in [0.4, 0.5) is 0 Å². The Bertz CT molecular complexity index is 283. The number of rotatable bonds is 6. The zero-order valence-electron chi connectivity index (χ0n) is 9.72. The summed E-state index contributed by atoms with van der Waals surface area (Å²) in [6.07, 6.45) is 2.58. The van der Waals surface area contributed by atoms with Crippen molar-refractivity contribution < 1.29 is 0 Å². The van der Waals surface area contributed by atoms with Crippen molar-refractivity contribution in [2.45, 2.75) is 46.2 Å². The van der Waals surface area contributed by atoms with Crippen molar-refractivity contribution in [3.8, 4) is 0 Å². The van der Waals surface area contributed by atoms with Crippen molar-refractivity contribution in [2.75, 3.05) is 0 Å². The second kappa shape index (κ2) is 6.66. The summed E-state index contributed by atoms with van der Waals surface area (Å²) in [5.74, 6) is 0.810. The van der Waals surface area contributed by atoms with Gasteiger partial charge in [0, 0.05) is 17.5 Å². The molecule has 15 heavy (non-hydrogen) atoms. The predicted molar refractivity (Wildman–Crippen MR) is 72.4 cm³/mol. The summed E-state index contributed by atoms with van der Waals surface area (Å²) in [4.78, 5) is 1.40. The number of thiophene rings is 1. The second-order valence-electron chi connectivity index (χ2n) is 4.46. The van der Waals surface area contributed by atoms with Crippen molar-refractivity contribution in [2.24, 2.45) is 5.92 Å². The fourth-order valence-electron chi connectivity index (χ4n) is 1.41. The van der Waals surface area contributed by atoms with Crippen LogP contribution in [-0.4, -0.2) is 6.04 Å². The van der Waals surface area contributed by atoms with Crippen LogP contribution in [0.25, 0.3) is 0 Å². The molecule has 1 unspecified atom stereocenters. The lowest BCUT2D eigenvalue weighted by Gasteiger charge is -2.14. The van der Waals surface area contributed by atoms with Gasteiger partial charge in [0.25, 0.3) is 0 Å². The zero-order valence-corrected chi connectivity index (χ0v) is 12.1. The van der Waals surface area contributed by atoms with Crippen molar-refractivity contribution in [1.29, 1.82) is 0 Å². The first kappa shape index (κ1) is 13.2. The molecule has 0 fully saturated rings. The molecule has 1 atom stereocenters. The summed E-state index contributed by atoms with van der Waals surface area (Å²) in [7, 11) is 0. The molecule has 0 spiro atoms. The van der Waals surface area contributed by atoms with Crippen LogP contribution in [0.3, 0.4) is 0 Å². The third-order valence-electron chi connectivity index (χ3n) is 2.43. The Morgan fingerprint density at radius 3 is 2.53 bits per heavy atom. The predicted octanol–water partition coefficient (Wildman–Crippen LogP) is 4.42. The summed E-state index contributed by atoms with van der Waals surface area (Å²) < 4.78 is 1.22. The van der Waals surface area contributed by atoms with E-state index in [1.54, 1.807) is 0 Å². The molecule has 3 heteroatoms. The van der Waals surface area contributed by atoms with Gasteiger partial charge in [-0.05, 0) is 53.7 Å². The van der Waals surface area contributed by atoms with Crippen molar-refractivity contribution >= 4 is 27.3 Å². The lowest BCUT2D eigenvalue weighted by molar-refractivity contribution is 0.452. The smallest absolute Gasteiger partial charge is 0.0701 e. The summed E-state index contributed by atoms with van der Waals surface area (Å²) >= 11 is 5.29. The van der Waals surface area contributed by atoms with Gasteiger partial charge in [-0.25, -0.2) is 0 Å². The Labute approximate surface area is 105 Å². The van der Waals surface area contributed by atoms with Gasteiger partial charge in [-0.3, -0.25) is 0 Å². The largest absolute Gasteiger partial charge is 0.309 e. The van der Waals surface area contributed by atoms with Crippen molar-refractivity contribution in [3.63, 3.8) is 0 Å². The molecule has 0 bridgehead atoms. The highest BCUT2D eigenvalue weighted by Gasteiger charge is 2.04. The van der Waals surface area contributed by atoms with E-state index in [1.807, 2.05) is 11.3 Å². The highest BCUT2D eigenvalue weighted by Crippen LogP contribution is 2.22. The van der Waals surface area contributed by atoms with E-state index in [1.165, 1.54) is 21.5 Å². The third kappa shape index (κ3) is 5.69. The molecule has 1 aromatic heterocycles. The van der Waals surface area contributed by atoms with Gasteiger partial charge in [0.15, 0.2) is 0 Å². The molecule has 0 aliphatic rings. The molecule has 1 rings (SSSR count). The summed E-state index contributed by atoms with van der Waals surface area (Å²) in [6, 6.07) is 4.91. The first-order chi connectivity index (χ1) is 7.08. The van der Waals surface area contributed by atoms with Gasteiger partial charge in [-0.2, -0.15) is 0 Å². The van der Waals surface area contributed by atoms with E-state index in [2.05, 4.69) is 54.2 Å². The minimum absolute atomic E-state index is 0.619. The number of hydrogen-bond donors (Lipinski definition) is 1. The van der Waals surface area contributed by atoms with Gasteiger partial charge in [0.05, 0.1) is 3.79 Å². The minimum atomic E-state index is 0.619. The molecular formula is C12H20BrNS. The van der Waals surface area contributed by atoms with Crippen molar-refractivity contribution in [3.05, 3.63) is 20.8 Å². The fourth-order valence-corrected chi connectivity index (χ4v) is 2.84. The Kier molecular flexibility index (Phi) is 5.87. The van der Waals surface area contributed by atoms with E-state index in [-0.39, 0.29) is 0 Å². The topological polar surface area (TPSA) is 12.0 Å². The standard InChI is InChI=1S/C12H20BrNS/c1-9(2)4-5-10(3)14-8-11-6-7-12(13)15-11/h6-7,9-10,14H,4-5,8H2,1-3H3. The van der Waals surface area contributed by atoms with Gasteiger partial charge in [0.2, 0.25) is 0 Å². The van der Waals surface area contributed by atoms with Crippen LogP contribution in [0, 0.1) is 5.92 Å². The van der Waals surface area contributed by atoms with Crippen LogP contribution in [-0.2, 0) is 6.54 Å². The Balaban J connectivity index is 2.19. The maximum absolute atomic E-state index is 3.56. The van der Waals surface area contributed by atoms with Crippen LogP contribution < -0.4 is 5.32 Å². The summed E-state index contributed by atoms with van der Waals surface area (Å²) in [6.45, 7) is 7.83. The van der Waals surface area contributed by atoms with E-state index < -0.39 is 0 Å². The van der Waals surface area contributed by atoms with Gasteiger partial charge in [-0.1, -0.05) is 13.8 Å². The van der Waals surface area contributed by atoms with E-state index in [0.717, 1.165) is 12.5 Å². The third-order valence-corrected chi connectivity index (χ3v) is 4.05. The molecule has 0 aliphatic heterocycles. The van der Waals surface area contributed by atoms with Crippen LogP contribution in [0.2, 0.25) is 0 Å². The van der Waals surface area contributed by atoms with Gasteiger partial charge >= 0.3 is 0 Å². The fraction of sp³-hybridized carbons (Fsp3) is 0.667. The van der Waals surface area contributed by atoms with Crippen LogP contribution in [0.15, 0.2) is 15.9 Å². The number of nitrogens with one attached hydrogen (secondary N) is 1. The van der Waals surface area contributed by atoms with Crippen molar-refractivity contribution in [1.82, 2.24) is 5.32 Å². The minimum Gasteiger partial charge on any atom is -0.309 e. The van der Waals surface area contributed by atoms with Crippen LogP contribution in [0.1, 0.15) is 38.5 Å². The Hall–Kier alpha value is 0.140. The van der Waals surface area contributed by atoms with Gasteiger partial charge in [0.1, 0.15) is 0 Å². The highest BCUT2D eigenvalue weighted by molar-refractivity contribution is 9.11. The average Bonchev–Trinajstić information content (AvgIpc) is 2.58. The molecular weight excluding hydrogens is 270 g/mol. The molecule has 86 valence electrons. The first-order valence-corrected chi connectivity index (χ1v) is 7.16. The molecule has 0 aliphatic carbocycles. The number of halogens is 1. The summed E-state index contributed by atoms with van der Waals surface area (Å²) in [5, 5.41) is 3.56. The average molecular weight is 290 g/mol. The molecule has 0 saturated heterocycles. The first-order valence-electron chi connectivity index (χ1n) is 5.55. The van der Waals surface area contributed by atoms with Gasteiger partial charge in [-0.15, -0.1) is 11.3 Å². The molecule has 1 heterocycles. The molecule has 1 N–H and O–H groups in total. The maximum Gasteiger partial charge on any atom is 0.0701 e. The van der Waals surface area contributed by atoms with Crippen LogP contribution in [0.5, 0.6) is 0 Å². The van der Waals surface area contributed by atoms with E-state index in [0.29, 0.717) is 6.04 Å². The lowest BCUT2D eigenvalue weighted by atomic mass is 10.0. The zero-order chi connectivity index (χ0) is 11.3. The van der Waals surface area contributed by atoms with Gasteiger partial charge < -0.3 is 5.32 Å². The molecule has 0 radical (unpaired) electrons. The highest BCUT2D eigenvalue weighted by atomic mass is 79.9. The number of hydrogen-bond acceptors (Lipinski definition) is 2. The maximum atomic E-state index is 3.56. The molecule has 0 aromatic carbocycles. The van der Waals surface area contributed by atoms with E-state index in [4.69, 9.17) is 0 Å². The Morgan fingerprint density at radius 2 is 2.00 bits per heavy atom. The molecule has 0 amide bonds. The van der Waals surface area contributed by atoms with E-state index in [9.17, 15) is 0 Å². The normalized spacial score (nSPS) is 13.4. The Morgan fingerprint density at radius 1 is 1.27 bits per heavy atom. The molecule has 0 saturated carbocycles. The monoisotopic (exact) mass is 289 g/mol. The molecule has 1 aromatic rings. The molecule has 1 nitrogen and oxygen atoms in total. The quantitative estimate of drug-likeness (QED) is 0.817. The lowest BCUT2D eigenvalue weighted by Crippen LogP contribution is -2.25.